The van der Waals surface area contributed by atoms with E-state index in [1.54, 1.807) is 30.9 Å². The van der Waals surface area contributed by atoms with Gasteiger partial charge in [-0.05, 0) is 38.8 Å². The van der Waals surface area contributed by atoms with Crippen LogP contribution in [0.1, 0.15) is 32.3 Å². The Hall–Kier alpha value is -1.13. The molecule has 3 nitrogen and oxygen atoms in total. The lowest BCUT2D eigenvalue weighted by Crippen LogP contribution is -2.47. The molecule has 20 heavy (non-hydrogen) atoms. The summed E-state index contributed by atoms with van der Waals surface area (Å²) in [4.78, 5) is 14.2. The van der Waals surface area contributed by atoms with E-state index in [-0.39, 0.29) is 24.3 Å². The van der Waals surface area contributed by atoms with Crippen molar-refractivity contribution >= 4 is 17.5 Å². The lowest BCUT2D eigenvalue weighted by atomic mass is 10.1. The van der Waals surface area contributed by atoms with Gasteiger partial charge in [0.15, 0.2) is 0 Å². The summed E-state index contributed by atoms with van der Waals surface area (Å²) in [5, 5.41) is 0.346. The Morgan fingerprint density at radius 2 is 2.15 bits per heavy atom. The smallest absolute Gasteiger partial charge is 0.254 e. The number of carbonyl (C=O) groups excluding carboxylic acids is 1. The maximum Gasteiger partial charge on any atom is 0.254 e. The van der Waals surface area contributed by atoms with E-state index in [1.807, 2.05) is 0 Å². The summed E-state index contributed by atoms with van der Waals surface area (Å²) in [5.74, 6) is -0.520. The van der Waals surface area contributed by atoms with Gasteiger partial charge < -0.3 is 9.64 Å². The molecule has 1 aliphatic carbocycles. The van der Waals surface area contributed by atoms with Crippen LogP contribution in [0.2, 0.25) is 5.02 Å². The van der Waals surface area contributed by atoms with Gasteiger partial charge in [0, 0.05) is 23.7 Å². The van der Waals surface area contributed by atoms with Crippen LogP contribution in [0.3, 0.4) is 0 Å². The summed E-state index contributed by atoms with van der Waals surface area (Å²) in [6.07, 6.45) is 1.88. The van der Waals surface area contributed by atoms with Crippen molar-refractivity contribution in [3.8, 4) is 0 Å². The average molecular weight is 300 g/mol. The van der Waals surface area contributed by atoms with E-state index in [1.165, 1.54) is 13.2 Å². The van der Waals surface area contributed by atoms with Crippen LogP contribution in [0, 0.1) is 5.82 Å². The highest BCUT2D eigenvalue weighted by Gasteiger charge is 2.40. The molecule has 1 fully saturated rings. The number of methoxy groups -OCH3 is 1. The lowest BCUT2D eigenvalue weighted by Gasteiger charge is -2.31. The first-order valence-electron chi connectivity index (χ1n) is 6.66. The molecule has 1 aliphatic rings. The van der Waals surface area contributed by atoms with Crippen molar-refractivity contribution in [3.63, 3.8) is 0 Å². The summed E-state index contributed by atoms with van der Waals surface area (Å²) in [7, 11) is 1.50. The summed E-state index contributed by atoms with van der Waals surface area (Å²) in [5.41, 5.74) is -0.554. The van der Waals surface area contributed by atoms with Gasteiger partial charge in [0.2, 0.25) is 0 Å². The van der Waals surface area contributed by atoms with E-state index in [2.05, 4.69) is 0 Å². The Kier molecular flexibility index (Phi) is 4.35. The standard InChI is InChI=1S/C15H19ClFNO2/c1-15(2,20-3)14(19)18(10-7-8-10)9-11-12(16)5-4-6-13(11)17/h4-6,10H,7-9H2,1-3H3. The Morgan fingerprint density at radius 1 is 1.50 bits per heavy atom. The summed E-state index contributed by atoms with van der Waals surface area (Å²) >= 11 is 6.04. The first-order valence-corrected chi connectivity index (χ1v) is 7.03. The van der Waals surface area contributed by atoms with Gasteiger partial charge in [-0.3, -0.25) is 4.79 Å². The third-order valence-corrected chi connectivity index (χ3v) is 4.02. The molecule has 2 rings (SSSR count). The molecular formula is C15H19ClFNO2. The number of hydrogen-bond donors (Lipinski definition) is 0. The Morgan fingerprint density at radius 3 is 2.65 bits per heavy atom. The van der Waals surface area contributed by atoms with Crippen LogP contribution in [0.15, 0.2) is 18.2 Å². The van der Waals surface area contributed by atoms with Gasteiger partial charge >= 0.3 is 0 Å². The van der Waals surface area contributed by atoms with Gasteiger partial charge in [-0.1, -0.05) is 17.7 Å². The minimum absolute atomic E-state index is 0.137. The van der Waals surface area contributed by atoms with Gasteiger partial charge in [0.25, 0.3) is 5.91 Å². The molecule has 0 heterocycles. The van der Waals surface area contributed by atoms with Crippen LogP contribution in [-0.4, -0.2) is 29.6 Å². The summed E-state index contributed by atoms with van der Waals surface area (Å²) < 4.78 is 19.1. The SMILES string of the molecule is COC(C)(C)C(=O)N(Cc1c(F)cccc1Cl)C1CC1. The maximum absolute atomic E-state index is 13.9. The van der Waals surface area contributed by atoms with Crippen molar-refractivity contribution in [2.24, 2.45) is 0 Å². The van der Waals surface area contributed by atoms with Crippen LogP contribution in [-0.2, 0) is 16.1 Å². The Balaban J connectivity index is 2.25. The molecule has 1 amide bonds. The van der Waals surface area contributed by atoms with Crippen LogP contribution in [0.25, 0.3) is 0 Å². The minimum Gasteiger partial charge on any atom is -0.369 e. The summed E-state index contributed by atoms with van der Waals surface area (Å²) in [6.45, 7) is 3.61. The van der Waals surface area contributed by atoms with E-state index in [0.29, 0.717) is 10.6 Å². The molecule has 0 unspecified atom stereocenters. The van der Waals surface area contributed by atoms with Crippen molar-refractivity contribution in [1.29, 1.82) is 0 Å². The normalized spacial score (nSPS) is 15.2. The van der Waals surface area contributed by atoms with E-state index in [4.69, 9.17) is 16.3 Å². The number of benzene rings is 1. The fraction of sp³-hybridized carbons (Fsp3) is 0.533. The van der Waals surface area contributed by atoms with E-state index in [9.17, 15) is 9.18 Å². The van der Waals surface area contributed by atoms with Crippen molar-refractivity contribution in [2.45, 2.75) is 44.9 Å². The highest BCUT2D eigenvalue weighted by molar-refractivity contribution is 6.31. The quantitative estimate of drug-likeness (QED) is 0.834. The molecule has 0 radical (unpaired) electrons. The molecule has 110 valence electrons. The van der Waals surface area contributed by atoms with Gasteiger partial charge in [0.1, 0.15) is 11.4 Å². The van der Waals surface area contributed by atoms with Crippen LogP contribution in [0.4, 0.5) is 4.39 Å². The molecule has 1 saturated carbocycles. The molecule has 1 aromatic carbocycles. The molecule has 5 heteroatoms. The number of rotatable bonds is 5. The van der Waals surface area contributed by atoms with Gasteiger partial charge in [-0.15, -0.1) is 0 Å². The molecule has 0 saturated heterocycles. The van der Waals surface area contributed by atoms with E-state index >= 15 is 0 Å². The number of halogens is 2. The topological polar surface area (TPSA) is 29.5 Å². The number of hydrogen-bond acceptors (Lipinski definition) is 2. The van der Waals surface area contributed by atoms with Crippen molar-refractivity contribution in [2.75, 3.05) is 7.11 Å². The molecule has 0 bridgehead atoms. The van der Waals surface area contributed by atoms with Crippen LogP contribution in [0.5, 0.6) is 0 Å². The second-order valence-corrected chi connectivity index (χ2v) is 5.99. The average Bonchev–Trinajstić information content (AvgIpc) is 3.22. The van der Waals surface area contributed by atoms with Gasteiger partial charge in [-0.2, -0.15) is 0 Å². The zero-order valence-corrected chi connectivity index (χ0v) is 12.7. The highest BCUT2D eigenvalue weighted by Crippen LogP contribution is 2.32. The summed E-state index contributed by atoms with van der Waals surface area (Å²) in [6, 6.07) is 4.71. The molecule has 0 aliphatic heterocycles. The third-order valence-electron chi connectivity index (χ3n) is 3.66. The largest absolute Gasteiger partial charge is 0.369 e. The molecule has 0 N–H and O–H groups in total. The second kappa shape index (κ2) is 5.70. The lowest BCUT2D eigenvalue weighted by molar-refractivity contribution is -0.152. The molecule has 0 spiro atoms. The second-order valence-electron chi connectivity index (χ2n) is 5.58. The minimum atomic E-state index is -0.916. The highest BCUT2D eigenvalue weighted by atomic mass is 35.5. The van der Waals surface area contributed by atoms with Gasteiger partial charge in [-0.25, -0.2) is 4.39 Å². The first kappa shape index (κ1) is 15.3. The monoisotopic (exact) mass is 299 g/mol. The molecule has 0 aromatic heterocycles. The van der Waals surface area contributed by atoms with Gasteiger partial charge in [0.05, 0.1) is 6.54 Å². The van der Waals surface area contributed by atoms with Crippen LogP contribution >= 0.6 is 11.6 Å². The Bertz CT molecular complexity index is 494. The fourth-order valence-corrected chi connectivity index (χ4v) is 2.26. The molecule has 1 aromatic rings. The zero-order chi connectivity index (χ0) is 14.9. The van der Waals surface area contributed by atoms with E-state index in [0.717, 1.165) is 12.8 Å². The maximum atomic E-state index is 13.9. The number of carbonyl (C=O) groups is 1. The van der Waals surface area contributed by atoms with E-state index < -0.39 is 5.60 Å². The Labute approximate surface area is 123 Å². The van der Waals surface area contributed by atoms with Crippen molar-refractivity contribution in [1.82, 2.24) is 4.90 Å². The van der Waals surface area contributed by atoms with Crippen molar-refractivity contribution < 1.29 is 13.9 Å². The molecule has 0 atom stereocenters. The predicted octanol–water partition coefficient (Wildman–Crippen LogP) is 3.40. The van der Waals surface area contributed by atoms with Crippen LogP contribution < -0.4 is 0 Å². The third kappa shape index (κ3) is 3.13. The fourth-order valence-electron chi connectivity index (χ4n) is 2.04. The number of ether oxygens (including phenoxy) is 1. The number of amides is 1. The first-order chi connectivity index (χ1) is 9.36. The van der Waals surface area contributed by atoms with Crippen molar-refractivity contribution in [3.05, 3.63) is 34.6 Å². The number of nitrogens with zero attached hydrogens (tertiary/aromatic N) is 1. The predicted molar refractivity (Wildman–Crippen MR) is 76.1 cm³/mol. The molecular weight excluding hydrogens is 281 g/mol. The zero-order valence-electron chi connectivity index (χ0n) is 12.0.